The van der Waals surface area contributed by atoms with E-state index in [-0.39, 0.29) is 11.5 Å². The molecule has 0 unspecified atom stereocenters. The number of aromatic nitrogens is 2. The number of nitrogen functional groups attached to an aromatic ring is 1. The number of carbonyl (C=O) groups is 2. The van der Waals surface area contributed by atoms with Crippen molar-refractivity contribution in [3.05, 3.63) is 77.9 Å². The fourth-order valence-electron chi connectivity index (χ4n) is 3.67. The normalized spacial score (nSPS) is 11.7. The number of hydrogen-bond acceptors (Lipinski definition) is 5. The number of phenolic OH excluding ortho intramolecular Hbond substituents is 1. The standard InChI is InChI=1S/C23H17N5O3/c24-13-6-8-14(9-7-13)25-23(31)26-17-3-1-2-16-18(17)22(30)19-20(27-28-21(16)19)12-4-10-15(29)11-5-12/h1-11,29H,24H2,(H,27,28)(H2,25,26,31). The van der Waals surface area contributed by atoms with Crippen LogP contribution in [0.1, 0.15) is 15.9 Å². The van der Waals surface area contributed by atoms with Gasteiger partial charge in [-0.25, -0.2) is 4.79 Å². The van der Waals surface area contributed by atoms with Gasteiger partial charge in [-0.2, -0.15) is 5.10 Å². The number of aromatic hydroxyl groups is 1. The van der Waals surface area contributed by atoms with E-state index in [4.69, 9.17) is 5.73 Å². The molecule has 8 heteroatoms. The number of nitrogens with one attached hydrogen (secondary N) is 3. The van der Waals surface area contributed by atoms with Crippen LogP contribution in [0.5, 0.6) is 5.75 Å². The van der Waals surface area contributed by atoms with Crippen LogP contribution in [0.15, 0.2) is 66.7 Å². The number of benzene rings is 3. The summed E-state index contributed by atoms with van der Waals surface area (Å²) in [5, 5.41) is 22.3. The number of nitrogens with two attached hydrogens (primary N) is 1. The molecule has 4 aromatic rings. The maximum Gasteiger partial charge on any atom is 0.323 e. The predicted octanol–water partition coefficient (Wildman–Crippen LogP) is 4.22. The quantitative estimate of drug-likeness (QED) is 0.284. The minimum atomic E-state index is -0.474. The lowest BCUT2D eigenvalue weighted by atomic mass is 10.0. The molecule has 0 spiro atoms. The first-order valence-corrected chi connectivity index (χ1v) is 9.50. The van der Waals surface area contributed by atoms with Crippen molar-refractivity contribution in [3.63, 3.8) is 0 Å². The SMILES string of the molecule is Nc1ccc(NC(=O)Nc2cccc3c2C(=O)c2c(-c4ccc(O)cc4)n[nH]c2-3)cc1. The Balaban J connectivity index is 1.46. The number of urea groups is 1. The lowest BCUT2D eigenvalue weighted by molar-refractivity contribution is 0.104. The van der Waals surface area contributed by atoms with Crippen molar-refractivity contribution in [2.45, 2.75) is 0 Å². The number of amides is 2. The van der Waals surface area contributed by atoms with E-state index < -0.39 is 6.03 Å². The molecule has 0 atom stereocenters. The van der Waals surface area contributed by atoms with Crippen LogP contribution >= 0.6 is 0 Å². The Morgan fingerprint density at radius 3 is 2.42 bits per heavy atom. The van der Waals surface area contributed by atoms with E-state index in [2.05, 4.69) is 20.8 Å². The van der Waals surface area contributed by atoms with Gasteiger partial charge >= 0.3 is 6.03 Å². The minimum Gasteiger partial charge on any atom is -0.508 e. The second kappa shape index (κ2) is 7.03. The van der Waals surface area contributed by atoms with Crippen LogP contribution in [-0.4, -0.2) is 27.1 Å². The third kappa shape index (κ3) is 3.16. The van der Waals surface area contributed by atoms with Crippen LogP contribution in [0.3, 0.4) is 0 Å². The summed E-state index contributed by atoms with van der Waals surface area (Å²) in [6.07, 6.45) is 0. The topological polar surface area (TPSA) is 133 Å². The van der Waals surface area contributed by atoms with Crippen LogP contribution in [0.2, 0.25) is 0 Å². The van der Waals surface area contributed by atoms with Gasteiger partial charge in [0.05, 0.1) is 22.5 Å². The molecule has 1 aliphatic carbocycles. The molecule has 1 aliphatic rings. The van der Waals surface area contributed by atoms with Gasteiger partial charge in [0, 0.05) is 22.5 Å². The minimum absolute atomic E-state index is 0.129. The summed E-state index contributed by atoms with van der Waals surface area (Å²) in [6, 6.07) is 18.0. The number of fused-ring (bicyclic) bond motifs is 3. The van der Waals surface area contributed by atoms with Crippen molar-refractivity contribution in [2.24, 2.45) is 0 Å². The summed E-state index contributed by atoms with van der Waals surface area (Å²) >= 11 is 0. The summed E-state index contributed by atoms with van der Waals surface area (Å²) in [5.74, 6) is -0.102. The molecule has 31 heavy (non-hydrogen) atoms. The summed E-state index contributed by atoms with van der Waals surface area (Å²) in [4.78, 5) is 25.8. The second-order valence-electron chi connectivity index (χ2n) is 7.13. The van der Waals surface area contributed by atoms with Crippen molar-refractivity contribution in [1.29, 1.82) is 0 Å². The Labute approximate surface area is 176 Å². The first-order valence-electron chi connectivity index (χ1n) is 9.50. The number of anilines is 3. The Bertz CT molecular complexity index is 1320. The molecule has 0 bridgehead atoms. The van der Waals surface area contributed by atoms with E-state index in [1.807, 2.05) is 0 Å². The van der Waals surface area contributed by atoms with Gasteiger partial charge in [-0.3, -0.25) is 9.89 Å². The van der Waals surface area contributed by atoms with Gasteiger partial charge in [0.1, 0.15) is 11.4 Å². The van der Waals surface area contributed by atoms with Crippen molar-refractivity contribution in [3.8, 4) is 28.3 Å². The molecule has 0 fully saturated rings. The largest absolute Gasteiger partial charge is 0.508 e. The zero-order chi connectivity index (χ0) is 21.5. The highest BCUT2D eigenvalue weighted by Gasteiger charge is 2.34. The molecule has 3 aromatic carbocycles. The molecule has 6 N–H and O–H groups in total. The van der Waals surface area contributed by atoms with E-state index >= 15 is 0 Å². The van der Waals surface area contributed by atoms with Gasteiger partial charge in [0.2, 0.25) is 0 Å². The highest BCUT2D eigenvalue weighted by Crippen LogP contribution is 2.43. The van der Waals surface area contributed by atoms with Crippen molar-refractivity contribution >= 4 is 28.9 Å². The van der Waals surface area contributed by atoms with Crippen LogP contribution in [0.25, 0.3) is 22.5 Å². The van der Waals surface area contributed by atoms with Gasteiger partial charge in [0.25, 0.3) is 0 Å². The number of nitrogens with zero attached hydrogens (tertiary/aromatic N) is 1. The summed E-state index contributed by atoms with van der Waals surface area (Å²) in [6.45, 7) is 0. The number of ketones is 1. The number of aromatic amines is 1. The lowest BCUT2D eigenvalue weighted by Gasteiger charge is -2.11. The van der Waals surface area contributed by atoms with Crippen LogP contribution in [-0.2, 0) is 0 Å². The maximum absolute atomic E-state index is 13.3. The van der Waals surface area contributed by atoms with Gasteiger partial charge in [-0.1, -0.05) is 12.1 Å². The number of phenols is 1. The molecule has 1 aromatic heterocycles. The number of hydrogen-bond donors (Lipinski definition) is 5. The highest BCUT2D eigenvalue weighted by atomic mass is 16.3. The third-order valence-corrected chi connectivity index (χ3v) is 5.11. The molecular formula is C23H17N5O3. The van der Waals surface area contributed by atoms with E-state index in [1.54, 1.807) is 54.6 Å². The first-order chi connectivity index (χ1) is 15.0. The maximum atomic E-state index is 13.3. The number of rotatable bonds is 3. The number of carbonyl (C=O) groups excluding carboxylic acids is 2. The predicted molar refractivity (Wildman–Crippen MR) is 118 cm³/mol. The molecule has 0 saturated heterocycles. The van der Waals surface area contributed by atoms with Crippen LogP contribution in [0.4, 0.5) is 21.9 Å². The summed E-state index contributed by atoms with van der Waals surface area (Å²) in [7, 11) is 0. The Morgan fingerprint density at radius 2 is 1.68 bits per heavy atom. The zero-order valence-corrected chi connectivity index (χ0v) is 16.1. The van der Waals surface area contributed by atoms with Crippen molar-refractivity contribution in [1.82, 2.24) is 10.2 Å². The Kier molecular flexibility index (Phi) is 4.18. The molecule has 1 heterocycles. The smallest absolute Gasteiger partial charge is 0.323 e. The Hall–Kier alpha value is -4.59. The molecule has 0 radical (unpaired) electrons. The van der Waals surface area contributed by atoms with E-state index in [0.717, 1.165) is 0 Å². The van der Waals surface area contributed by atoms with Gasteiger partial charge < -0.3 is 21.5 Å². The molecule has 0 aliphatic heterocycles. The molecule has 8 nitrogen and oxygen atoms in total. The molecule has 152 valence electrons. The van der Waals surface area contributed by atoms with Crippen LogP contribution in [0, 0.1) is 0 Å². The van der Waals surface area contributed by atoms with Crippen LogP contribution < -0.4 is 16.4 Å². The van der Waals surface area contributed by atoms with E-state index in [1.165, 1.54) is 12.1 Å². The lowest BCUT2D eigenvalue weighted by Crippen LogP contribution is -2.20. The van der Waals surface area contributed by atoms with Gasteiger partial charge in [0.15, 0.2) is 5.78 Å². The second-order valence-corrected chi connectivity index (χ2v) is 7.13. The molecule has 2 amide bonds. The summed E-state index contributed by atoms with van der Waals surface area (Å²) < 4.78 is 0. The summed E-state index contributed by atoms with van der Waals surface area (Å²) in [5.41, 5.74) is 10.5. The van der Waals surface area contributed by atoms with E-state index in [9.17, 15) is 14.7 Å². The van der Waals surface area contributed by atoms with Gasteiger partial charge in [-0.05, 0) is 54.6 Å². The average molecular weight is 411 g/mol. The Morgan fingerprint density at radius 1 is 0.935 bits per heavy atom. The third-order valence-electron chi connectivity index (χ3n) is 5.11. The fraction of sp³-hybridized carbons (Fsp3) is 0. The zero-order valence-electron chi connectivity index (χ0n) is 16.1. The first kappa shape index (κ1) is 18.4. The van der Waals surface area contributed by atoms with Crippen molar-refractivity contribution in [2.75, 3.05) is 16.4 Å². The number of H-pyrrole nitrogens is 1. The van der Waals surface area contributed by atoms with Crippen molar-refractivity contribution < 1.29 is 14.7 Å². The molecule has 0 saturated carbocycles. The van der Waals surface area contributed by atoms with E-state index in [0.29, 0.717) is 50.7 Å². The fourth-order valence-corrected chi connectivity index (χ4v) is 3.67. The molecular weight excluding hydrogens is 394 g/mol. The van der Waals surface area contributed by atoms with Gasteiger partial charge in [-0.15, -0.1) is 0 Å². The molecule has 5 rings (SSSR count). The highest BCUT2D eigenvalue weighted by molar-refractivity contribution is 6.27. The average Bonchev–Trinajstić information content (AvgIpc) is 3.31. The monoisotopic (exact) mass is 411 g/mol.